The minimum absolute atomic E-state index is 0.104. The first-order chi connectivity index (χ1) is 17.5. The van der Waals surface area contributed by atoms with Crippen molar-refractivity contribution in [3.05, 3.63) is 65.6 Å². The van der Waals surface area contributed by atoms with Crippen LogP contribution in [0.2, 0.25) is 0 Å². The third-order valence-electron chi connectivity index (χ3n) is 4.89. The molecule has 3 rings (SSSR count). The summed E-state index contributed by atoms with van der Waals surface area (Å²) < 4.78 is 40.1. The topological polar surface area (TPSA) is 134 Å². The Morgan fingerprint density at radius 3 is 2.27 bits per heavy atom. The number of hydrogen-bond acceptors (Lipinski definition) is 9. The van der Waals surface area contributed by atoms with Gasteiger partial charge in [-0.1, -0.05) is 6.92 Å². The van der Waals surface area contributed by atoms with E-state index in [1.54, 1.807) is 19.1 Å². The van der Waals surface area contributed by atoms with E-state index in [2.05, 4.69) is 15.3 Å². The molecule has 0 bridgehead atoms. The van der Waals surface area contributed by atoms with Crippen LogP contribution in [0.1, 0.15) is 54.2 Å². The molecule has 0 unspecified atom stereocenters. The molecule has 0 fully saturated rings. The number of anilines is 1. The smallest absolute Gasteiger partial charge is 0.358 e. The van der Waals surface area contributed by atoms with Gasteiger partial charge in [-0.25, -0.2) is 23.2 Å². The monoisotopic (exact) mass is 527 g/mol. The van der Waals surface area contributed by atoms with E-state index in [0.717, 1.165) is 6.26 Å². The van der Waals surface area contributed by atoms with Crippen LogP contribution in [-0.2, 0) is 21.0 Å². The van der Waals surface area contributed by atoms with Crippen LogP contribution in [0, 0.1) is 0 Å². The summed E-state index contributed by atoms with van der Waals surface area (Å²) in [6, 6.07) is 10.7. The molecule has 37 heavy (non-hydrogen) atoms. The van der Waals surface area contributed by atoms with Gasteiger partial charge in [0.15, 0.2) is 21.3 Å². The standard InChI is InChI=1S/C26H29N3O7S/c1-6-22-24(26(31)34-7-2)27-15-23(28-22)29-25(30)17-12-19(35-16(3)4)14-20(13-17)36-18-8-10-21(11-9-18)37(5,32)33/h8-16H,6-7H2,1-5H3,(H,28,29,30). The first kappa shape index (κ1) is 27.6. The molecular formula is C26H29N3O7S. The minimum atomic E-state index is -3.34. The van der Waals surface area contributed by atoms with Gasteiger partial charge in [-0.2, -0.15) is 0 Å². The van der Waals surface area contributed by atoms with Crippen molar-refractivity contribution in [3.63, 3.8) is 0 Å². The van der Waals surface area contributed by atoms with Crippen molar-refractivity contribution < 1.29 is 32.2 Å². The van der Waals surface area contributed by atoms with Gasteiger partial charge in [-0.15, -0.1) is 0 Å². The SMILES string of the molecule is CCOC(=O)c1ncc(NC(=O)c2cc(Oc3ccc(S(C)(=O)=O)cc3)cc(OC(C)C)c2)nc1CC. The molecule has 0 spiro atoms. The highest BCUT2D eigenvalue weighted by molar-refractivity contribution is 7.90. The van der Waals surface area contributed by atoms with E-state index in [0.29, 0.717) is 29.4 Å². The average molecular weight is 528 g/mol. The van der Waals surface area contributed by atoms with Crippen molar-refractivity contribution in [1.29, 1.82) is 0 Å². The summed E-state index contributed by atoms with van der Waals surface area (Å²) in [6.07, 6.45) is 2.67. The summed E-state index contributed by atoms with van der Waals surface area (Å²) >= 11 is 0. The van der Waals surface area contributed by atoms with E-state index in [1.807, 2.05) is 20.8 Å². The van der Waals surface area contributed by atoms with E-state index in [4.69, 9.17) is 14.2 Å². The number of nitrogens with zero attached hydrogens (tertiary/aromatic N) is 2. The highest BCUT2D eigenvalue weighted by atomic mass is 32.2. The molecule has 0 aliphatic rings. The number of carbonyl (C=O) groups excluding carboxylic acids is 2. The van der Waals surface area contributed by atoms with Gasteiger partial charge in [0.2, 0.25) is 0 Å². The van der Waals surface area contributed by atoms with Gasteiger partial charge in [0.05, 0.1) is 29.5 Å². The molecule has 11 heteroatoms. The Morgan fingerprint density at radius 1 is 1.00 bits per heavy atom. The molecule has 0 atom stereocenters. The van der Waals surface area contributed by atoms with Crippen LogP contribution >= 0.6 is 0 Å². The Bertz CT molecular complexity index is 1390. The molecule has 1 aromatic heterocycles. The molecule has 196 valence electrons. The lowest BCUT2D eigenvalue weighted by Gasteiger charge is -2.14. The molecule has 0 saturated carbocycles. The van der Waals surface area contributed by atoms with Gasteiger partial charge < -0.3 is 19.5 Å². The molecule has 1 heterocycles. The quantitative estimate of drug-likeness (QED) is 0.379. The van der Waals surface area contributed by atoms with Crippen molar-refractivity contribution in [2.24, 2.45) is 0 Å². The van der Waals surface area contributed by atoms with Gasteiger partial charge >= 0.3 is 5.97 Å². The first-order valence-electron chi connectivity index (χ1n) is 11.6. The van der Waals surface area contributed by atoms with Crippen molar-refractivity contribution in [2.75, 3.05) is 18.2 Å². The summed E-state index contributed by atoms with van der Waals surface area (Å²) in [5.74, 6) is 0.204. The lowest BCUT2D eigenvalue weighted by Crippen LogP contribution is -2.17. The highest BCUT2D eigenvalue weighted by Gasteiger charge is 2.18. The van der Waals surface area contributed by atoms with Crippen LogP contribution in [0.5, 0.6) is 17.2 Å². The Kier molecular flexibility index (Phi) is 8.82. The fraction of sp³-hybridized carbons (Fsp3) is 0.308. The predicted octanol–water partition coefficient (Wildman–Crippen LogP) is 4.45. The van der Waals surface area contributed by atoms with E-state index in [9.17, 15) is 18.0 Å². The third-order valence-corrected chi connectivity index (χ3v) is 6.02. The fourth-order valence-electron chi connectivity index (χ4n) is 3.29. The second kappa shape index (κ2) is 11.8. The van der Waals surface area contributed by atoms with Crippen LogP contribution in [0.15, 0.2) is 53.6 Å². The molecule has 2 aromatic carbocycles. The molecule has 1 amide bonds. The summed E-state index contributed by atoms with van der Waals surface area (Å²) in [7, 11) is -3.34. The lowest BCUT2D eigenvalue weighted by atomic mass is 10.2. The second-order valence-corrected chi connectivity index (χ2v) is 10.3. The molecule has 0 aliphatic carbocycles. The minimum Gasteiger partial charge on any atom is -0.491 e. The molecule has 3 aromatic rings. The van der Waals surface area contributed by atoms with E-state index < -0.39 is 21.7 Å². The summed E-state index contributed by atoms with van der Waals surface area (Å²) in [4.78, 5) is 33.8. The fourth-order valence-corrected chi connectivity index (χ4v) is 3.92. The molecular weight excluding hydrogens is 498 g/mol. The number of carbonyl (C=O) groups is 2. The second-order valence-electron chi connectivity index (χ2n) is 8.28. The van der Waals surface area contributed by atoms with Gasteiger partial charge in [-0.05, 0) is 63.6 Å². The van der Waals surface area contributed by atoms with Crippen LogP contribution in [0.4, 0.5) is 5.82 Å². The van der Waals surface area contributed by atoms with Gasteiger partial charge in [0.1, 0.15) is 17.2 Å². The Hall–Kier alpha value is -3.99. The maximum absolute atomic E-state index is 13.1. The predicted molar refractivity (Wildman–Crippen MR) is 137 cm³/mol. The average Bonchev–Trinajstić information content (AvgIpc) is 2.83. The number of amides is 1. The van der Waals surface area contributed by atoms with Crippen molar-refractivity contribution in [1.82, 2.24) is 9.97 Å². The molecule has 1 N–H and O–H groups in total. The maximum atomic E-state index is 13.1. The Morgan fingerprint density at radius 2 is 1.68 bits per heavy atom. The summed E-state index contributed by atoms with van der Waals surface area (Å²) in [6.45, 7) is 7.43. The number of benzene rings is 2. The normalized spacial score (nSPS) is 11.2. The Labute approximate surface area is 215 Å². The molecule has 10 nitrogen and oxygen atoms in total. The third kappa shape index (κ3) is 7.50. The number of hydrogen-bond donors (Lipinski definition) is 1. The van der Waals surface area contributed by atoms with Gasteiger partial charge in [-0.3, -0.25) is 4.79 Å². The number of ether oxygens (including phenoxy) is 3. The zero-order valence-corrected chi connectivity index (χ0v) is 22.1. The van der Waals surface area contributed by atoms with Crippen molar-refractivity contribution in [2.45, 2.75) is 45.1 Å². The molecule has 0 aliphatic heterocycles. The van der Waals surface area contributed by atoms with E-state index in [-0.39, 0.29) is 34.7 Å². The largest absolute Gasteiger partial charge is 0.491 e. The number of aromatic nitrogens is 2. The number of aryl methyl sites for hydroxylation is 1. The number of nitrogens with one attached hydrogen (secondary N) is 1. The number of sulfone groups is 1. The molecule has 0 saturated heterocycles. The lowest BCUT2D eigenvalue weighted by molar-refractivity contribution is 0.0517. The van der Waals surface area contributed by atoms with Crippen LogP contribution in [0.3, 0.4) is 0 Å². The van der Waals surface area contributed by atoms with Crippen LogP contribution < -0.4 is 14.8 Å². The van der Waals surface area contributed by atoms with Crippen molar-refractivity contribution >= 4 is 27.5 Å². The number of rotatable bonds is 10. The first-order valence-corrected chi connectivity index (χ1v) is 13.5. The van der Waals surface area contributed by atoms with Gasteiger partial charge in [0, 0.05) is 17.9 Å². The van der Waals surface area contributed by atoms with E-state index in [1.165, 1.54) is 36.5 Å². The zero-order valence-electron chi connectivity index (χ0n) is 21.3. The van der Waals surface area contributed by atoms with E-state index >= 15 is 0 Å². The Balaban J connectivity index is 1.87. The molecule has 0 radical (unpaired) electrons. The summed E-state index contributed by atoms with van der Waals surface area (Å²) in [5.41, 5.74) is 0.734. The van der Waals surface area contributed by atoms with Crippen molar-refractivity contribution in [3.8, 4) is 17.2 Å². The zero-order chi connectivity index (χ0) is 27.2. The summed E-state index contributed by atoms with van der Waals surface area (Å²) in [5, 5.41) is 2.68. The van der Waals surface area contributed by atoms with Crippen LogP contribution in [-0.4, -0.2) is 49.2 Å². The van der Waals surface area contributed by atoms with Crippen LogP contribution in [0.25, 0.3) is 0 Å². The maximum Gasteiger partial charge on any atom is 0.358 e. The highest BCUT2D eigenvalue weighted by Crippen LogP contribution is 2.29. The van der Waals surface area contributed by atoms with Gasteiger partial charge in [0.25, 0.3) is 5.91 Å². The number of esters is 1.